The van der Waals surface area contributed by atoms with Crippen molar-refractivity contribution in [1.29, 1.82) is 0 Å². The minimum absolute atomic E-state index is 0.0846. The Labute approximate surface area is 116 Å². The highest BCUT2D eigenvalue weighted by atomic mass is 32.2. The Morgan fingerprint density at radius 2 is 2.11 bits per heavy atom. The highest BCUT2D eigenvalue weighted by Crippen LogP contribution is 2.34. The predicted octanol–water partition coefficient (Wildman–Crippen LogP) is 3.08. The largest absolute Gasteiger partial charge is 0.323 e. The molecule has 1 aliphatic rings. The molecule has 1 fully saturated rings. The van der Waals surface area contributed by atoms with Crippen LogP contribution in [0.25, 0.3) is 10.8 Å². The predicted molar refractivity (Wildman–Crippen MR) is 82.2 cm³/mol. The fourth-order valence-corrected chi connectivity index (χ4v) is 5.11. The molecule has 2 nitrogen and oxygen atoms in total. The zero-order valence-corrected chi connectivity index (χ0v) is 11.7. The second-order valence-corrected chi connectivity index (χ2v) is 6.96. The van der Waals surface area contributed by atoms with E-state index in [1.807, 2.05) is 42.0 Å². The Hall–Kier alpha value is -0.710. The van der Waals surface area contributed by atoms with Crippen molar-refractivity contribution in [2.75, 3.05) is 17.3 Å². The molecular weight excluding hydrogens is 260 g/mol. The molecule has 2 aromatic rings. The van der Waals surface area contributed by atoms with Crippen molar-refractivity contribution in [3.05, 3.63) is 42.2 Å². The van der Waals surface area contributed by atoms with Crippen molar-refractivity contribution in [1.82, 2.24) is 4.98 Å². The quantitative estimate of drug-likeness (QED) is 0.915. The lowest BCUT2D eigenvalue weighted by molar-refractivity contribution is 0.722. The van der Waals surface area contributed by atoms with Gasteiger partial charge in [-0.3, -0.25) is 4.98 Å². The lowest BCUT2D eigenvalue weighted by Crippen LogP contribution is -2.29. The number of nitrogens with two attached hydrogens (primary N) is 1. The molecule has 1 aromatic heterocycles. The molecule has 94 valence electrons. The monoisotopic (exact) mass is 276 g/mol. The van der Waals surface area contributed by atoms with Gasteiger partial charge >= 0.3 is 0 Å². The maximum Gasteiger partial charge on any atom is 0.0445 e. The van der Waals surface area contributed by atoms with Crippen LogP contribution in [0.2, 0.25) is 0 Å². The first-order chi connectivity index (χ1) is 8.86. The van der Waals surface area contributed by atoms with E-state index in [1.165, 1.54) is 27.8 Å². The third-order valence-electron chi connectivity index (χ3n) is 3.30. The van der Waals surface area contributed by atoms with Gasteiger partial charge in [0.05, 0.1) is 0 Å². The van der Waals surface area contributed by atoms with Crippen LogP contribution in [0.15, 0.2) is 36.7 Å². The summed E-state index contributed by atoms with van der Waals surface area (Å²) in [7, 11) is 0. The van der Waals surface area contributed by atoms with Crippen molar-refractivity contribution < 1.29 is 0 Å². The number of hydrogen-bond acceptors (Lipinski definition) is 4. The topological polar surface area (TPSA) is 38.9 Å². The molecule has 1 aromatic carbocycles. The summed E-state index contributed by atoms with van der Waals surface area (Å²) in [6.45, 7) is 0. The number of thioether (sulfide) groups is 2. The number of benzene rings is 1. The van der Waals surface area contributed by atoms with Crippen LogP contribution in [-0.4, -0.2) is 27.5 Å². The first-order valence-electron chi connectivity index (χ1n) is 6.14. The van der Waals surface area contributed by atoms with Crippen LogP contribution in [-0.2, 0) is 0 Å². The summed E-state index contributed by atoms with van der Waals surface area (Å²) in [5, 5.41) is 2.94. The summed E-state index contributed by atoms with van der Waals surface area (Å²) >= 11 is 4.01. The summed E-state index contributed by atoms with van der Waals surface area (Å²) < 4.78 is 0. The summed E-state index contributed by atoms with van der Waals surface area (Å²) in [5.41, 5.74) is 7.65. The Morgan fingerprint density at radius 1 is 1.22 bits per heavy atom. The van der Waals surface area contributed by atoms with Crippen molar-refractivity contribution in [2.45, 2.75) is 11.3 Å². The molecule has 4 heteroatoms. The maximum absolute atomic E-state index is 6.46. The number of pyridine rings is 1. The molecule has 0 bridgehead atoms. The van der Waals surface area contributed by atoms with E-state index in [1.54, 1.807) is 0 Å². The van der Waals surface area contributed by atoms with Gasteiger partial charge in [-0.05, 0) is 10.9 Å². The van der Waals surface area contributed by atoms with Gasteiger partial charge in [-0.1, -0.05) is 24.3 Å². The normalized spacial score (nSPS) is 21.9. The Bertz CT molecular complexity index is 533. The van der Waals surface area contributed by atoms with Crippen molar-refractivity contribution in [3.8, 4) is 0 Å². The first kappa shape index (κ1) is 12.3. The molecule has 2 N–H and O–H groups in total. The van der Waals surface area contributed by atoms with Crippen LogP contribution in [0.4, 0.5) is 0 Å². The second kappa shape index (κ2) is 5.51. The lowest BCUT2D eigenvalue weighted by Gasteiger charge is -2.27. The molecule has 2 unspecified atom stereocenters. The summed E-state index contributed by atoms with van der Waals surface area (Å²) in [6, 6.07) is 8.45. The van der Waals surface area contributed by atoms with E-state index in [9.17, 15) is 0 Å². The van der Waals surface area contributed by atoms with Crippen LogP contribution in [0.3, 0.4) is 0 Å². The number of fused-ring (bicyclic) bond motifs is 1. The van der Waals surface area contributed by atoms with E-state index in [-0.39, 0.29) is 6.04 Å². The first-order valence-corrected chi connectivity index (χ1v) is 8.34. The molecule has 0 saturated carbocycles. The van der Waals surface area contributed by atoms with Gasteiger partial charge in [-0.15, -0.1) is 0 Å². The molecule has 0 aliphatic carbocycles. The number of aromatic nitrogens is 1. The number of hydrogen-bond donors (Lipinski definition) is 1. The second-order valence-electron chi connectivity index (χ2n) is 4.46. The van der Waals surface area contributed by atoms with Crippen LogP contribution in [0.1, 0.15) is 11.6 Å². The summed E-state index contributed by atoms with van der Waals surface area (Å²) in [6.07, 6.45) is 3.85. The zero-order chi connectivity index (χ0) is 12.4. The molecule has 0 radical (unpaired) electrons. The van der Waals surface area contributed by atoms with E-state index < -0.39 is 0 Å². The summed E-state index contributed by atoms with van der Waals surface area (Å²) in [4.78, 5) is 4.33. The van der Waals surface area contributed by atoms with Crippen LogP contribution in [0.5, 0.6) is 0 Å². The van der Waals surface area contributed by atoms with E-state index in [4.69, 9.17) is 5.73 Å². The van der Waals surface area contributed by atoms with Crippen molar-refractivity contribution in [3.63, 3.8) is 0 Å². The molecule has 0 amide bonds. The maximum atomic E-state index is 6.46. The smallest absolute Gasteiger partial charge is 0.0445 e. The van der Waals surface area contributed by atoms with Gasteiger partial charge < -0.3 is 5.73 Å². The Morgan fingerprint density at radius 3 is 2.94 bits per heavy atom. The van der Waals surface area contributed by atoms with Gasteiger partial charge in [0.15, 0.2) is 0 Å². The van der Waals surface area contributed by atoms with Gasteiger partial charge in [-0.2, -0.15) is 23.5 Å². The van der Waals surface area contributed by atoms with Gasteiger partial charge in [-0.25, -0.2) is 0 Å². The van der Waals surface area contributed by atoms with Gasteiger partial charge in [0, 0.05) is 46.3 Å². The Balaban J connectivity index is 1.97. The van der Waals surface area contributed by atoms with Crippen molar-refractivity contribution in [2.24, 2.45) is 5.73 Å². The molecule has 2 atom stereocenters. The van der Waals surface area contributed by atoms with Crippen molar-refractivity contribution >= 4 is 34.3 Å². The molecule has 1 aliphatic heterocycles. The standard InChI is InChI=1S/C14H16N2S2/c15-14(13-9-17-5-6-18-13)12-8-16-7-10-3-1-2-4-11(10)12/h1-4,7-8,13-14H,5-6,9,15H2. The third-order valence-corrected chi connectivity index (χ3v) is 6.19. The summed E-state index contributed by atoms with van der Waals surface area (Å²) in [5.74, 6) is 3.61. The highest BCUT2D eigenvalue weighted by molar-refractivity contribution is 8.06. The zero-order valence-electron chi connectivity index (χ0n) is 10.1. The minimum Gasteiger partial charge on any atom is -0.323 e. The van der Waals surface area contributed by atoms with E-state index in [0.29, 0.717) is 5.25 Å². The molecule has 2 heterocycles. The Kier molecular flexibility index (Phi) is 3.77. The lowest BCUT2D eigenvalue weighted by atomic mass is 10.0. The minimum atomic E-state index is 0.0846. The van der Waals surface area contributed by atoms with E-state index >= 15 is 0 Å². The molecule has 1 saturated heterocycles. The third kappa shape index (κ3) is 2.37. The average Bonchev–Trinajstić information content (AvgIpc) is 2.47. The SMILES string of the molecule is NC(c1cncc2ccccc12)C1CSCCS1. The van der Waals surface area contributed by atoms with E-state index in [0.717, 1.165) is 5.75 Å². The van der Waals surface area contributed by atoms with Crippen LogP contribution in [0, 0.1) is 0 Å². The average molecular weight is 276 g/mol. The van der Waals surface area contributed by atoms with Crippen LogP contribution >= 0.6 is 23.5 Å². The molecule has 0 spiro atoms. The highest BCUT2D eigenvalue weighted by Gasteiger charge is 2.24. The van der Waals surface area contributed by atoms with Gasteiger partial charge in [0.2, 0.25) is 0 Å². The molecule has 3 rings (SSSR count). The number of rotatable bonds is 2. The van der Waals surface area contributed by atoms with E-state index in [2.05, 4.69) is 23.2 Å². The molecule has 18 heavy (non-hydrogen) atoms. The van der Waals surface area contributed by atoms with Gasteiger partial charge in [0.1, 0.15) is 0 Å². The van der Waals surface area contributed by atoms with Crippen LogP contribution < -0.4 is 5.73 Å². The fraction of sp³-hybridized carbons (Fsp3) is 0.357. The fourth-order valence-electron chi connectivity index (χ4n) is 2.32. The van der Waals surface area contributed by atoms with Gasteiger partial charge in [0.25, 0.3) is 0 Å². The molecular formula is C14H16N2S2. The number of nitrogens with zero attached hydrogens (tertiary/aromatic N) is 1.